The number of hydrogen-bond donors (Lipinski definition) is 1. The van der Waals surface area contributed by atoms with Gasteiger partial charge in [-0.1, -0.05) is 17.7 Å². The zero-order valence-corrected chi connectivity index (χ0v) is 22.3. The Morgan fingerprint density at radius 1 is 1.00 bits per heavy atom. The molecule has 188 valence electrons. The van der Waals surface area contributed by atoms with Crippen LogP contribution in [0.4, 0.5) is 10.1 Å². The summed E-state index contributed by atoms with van der Waals surface area (Å²) >= 11 is 7.51. The van der Waals surface area contributed by atoms with Crippen LogP contribution in [0.3, 0.4) is 0 Å². The van der Waals surface area contributed by atoms with Crippen molar-refractivity contribution in [2.75, 3.05) is 18.7 Å². The van der Waals surface area contributed by atoms with Crippen LogP contribution in [-0.2, 0) is 14.6 Å². The molecule has 0 saturated carbocycles. The van der Waals surface area contributed by atoms with Gasteiger partial charge in [-0.25, -0.2) is 12.8 Å². The van der Waals surface area contributed by atoms with E-state index in [0.717, 1.165) is 10.1 Å². The monoisotopic (exact) mass is 547 g/mol. The lowest BCUT2D eigenvalue weighted by Gasteiger charge is -2.23. The summed E-state index contributed by atoms with van der Waals surface area (Å²) < 4.78 is 48.8. The molecule has 0 unspecified atom stereocenters. The average Bonchev–Trinajstić information content (AvgIpc) is 3.21. The maximum absolute atomic E-state index is 13.8. The van der Waals surface area contributed by atoms with Gasteiger partial charge in [0.1, 0.15) is 23.1 Å². The van der Waals surface area contributed by atoms with Gasteiger partial charge < -0.3 is 14.8 Å². The molecule has 0 spiro atoms. The number of carbonyl (C=O) groups excluding carboxylic acids is 1. The van der Waals surface area contributed by atoms with Crippen molar-refractivity contribution in [3.8, 4) is 17.2 Å². The number of benzene rings is 3. The van der Waals surface area contributed by atoms with Crippen molar-refractivity contribution in [3.05, 3.63) is 81.9 Å². The standard InChI is InChI=1S/C26H23ClFNO5S2/c1-26(2,36(4,31)32)16-5-6-23-15(7-16)8-24(35-23)25(30)29-19-9-17(27)10-21(13-19)34-22-12-18(28)11-20(14-22)33-3/h5-14H,1-4H3,(H,29,30). The fourth-order valence-corrected chi connectivity index (χ4v) is 5.20. The maximum Gasteiger partial charge on any atom is 0.265 e. The maximum atomic E-state index is 13.8. The molecule has 0 aliphatic carbocycles. The SMILES string of the molecule is COc1cc(F)cc(Oc2cc(Cl)cc(NC(=O)c3cc4cc(C(C)(C)S(C)(=O)=O)ccc4s3)c2)c1. The number of amides is 1. The minimum absolute atomic E-state index is 0.212. The van der Waals surface area contributed by atoms with Crippen LogP contribution in [0.5, 0.6) is 17.2 Å². The van der Waals surface area contributed by atoms with Gasteiger partial charge in [-0.15, -0.1) is 11.3 Å². The summed E-state index contributed by atoms with van der Waals surface area (Å²) in [6, 6.07) is 15.7. The van der Waals surface area contributed by atoms with Gasteiger partial charge in [0.25, 0.3) is 5.91 Å². The van der Waals surface area contributed by atoms with Crippen LogP contribution in [-0.4, -0.2) is 27.7 Å². The van der Waals surface area contributed by atoms with Gasteiger partial charge in [-0.05, 0) is 55.1 Å². The first kappa shape index (κ1) is 25.9. The molecule has 3 aromatic carbocycles. The van der Waals surface area contributed by atoms with Gasteiger partial charge in [0.05, 0.1) is 16.7 Å². The molecule has 1 aromatic heterocycles. The first-order chi connectivity index (χ1) is 16.9. The van der Waals surface area contributed by atoms with Crippen molar-refractivity contribution in [2.24, 2.45) is 0 Å². The van der Waals surface area contributed by atoms with E-state index in [9.17, 15) is 17.6 Å². The van der Waals surface area contributed by atoms with E-state index < -0.39 is 20.4 Å². The fraction of sp³-hybridized carbons (Fsp3) is 0.192. The Morgan fingerprint density at radius 2 is 1.69 bits per heavy atom. The van der Waals surface area contributed by atoms with Crippen molar-refractivity contribution < 1.29 is 27.1 Å². The summed E-state index contributed by atoms with van der Waals surface area (Å²) in [5, 5.41) is 3.89. The third-order valence-electron chi connectivity index (χ3n) is 5.81. The summed E-state index contributed by atoms with van der Waals surface area (Å²) in [5.41, 5.74) is 1.04. The molecule has 1 amide bonds. The fourth-order valence-electron chi connectivity index (χ4n) is 3.48. The molecule has 1 heterocycles. The van der Waals surface area contributed by atoms with Crippen molar-refractivity contribution in [1.82, 2.24) is 0 Å². The van der Waals surface area contributed by atoms with E-state index in [1.54, 1.807) is 50.2 Å². The Hall–Kier alpha value is -3.14. The molecule has 36 heavy (non-hydrogen) atoms. The lowest BCUT2D eigenvalue weighted by molar-refractivity contribution is 0.103. The number of rotatable bonds is 7. The summed E-state index contributed by atoms with van der Waals surface area (Å²) in [5.74, 6) is -0.0694. The normalized spacial score (nSPS) is 11.9. The van der Waals surface area contributed by atoms with E-state index in [0.29, 0.717) is 32.6 Å². The van der Waals surface area contributed by atoms with Crippen LogP contribution in [0.1, 0.15) is 29.1 Å². The summed E-state index contributed by atoms with van der Waals surface area (Å²) in [6.07, 6.45) is 1.21. The molecular formula is C26H23ClFNO5S2. The van der Waals surface area contributed by atoms with E-state index in [4.69, 9.17) is 21.1 Å². The number of anilines is 1. The number of thiophene rings is 1. The quantitative estimate of drug-likeness (QED) is 0.269. The van der Waals surface area contributed by atoms with Gasteiger partial charge in [-0.3, -0.25) is 4.79 Å². The van der Waals surface area contributed by atoms with Crippen LogP contribution < -0.4 is 14.8 Å². The Kier molecular flexibility index (Phi) is 7.01. The molecule has 1 N–H and O–H groups in total. The molecule has 4 aromatic rings. The Balaban J connectivity index is 1.57. The second-order valence-electron chi connectivity index (χ2n) is 8.70. The highest BCUT2D eigenvalue weighted by Crippen LogP contribution is 2.35. The number of methoxy groups -OCH3 is 1. The number of halogens is 2. The third-order valence-corrected chi connectivity index (χ3v) is 9.23. The van der Waals surface area contributed by atoms with Gasteiger partial charge in [0.15, 0.2) is 9.84 Å². The number of sulfone groups is 1. The highest BCUT2D eigenvalue weighted by atomic mass is 35.5. The smallest absolute Gasteiger partial charge is 0.265 e. The molecule has 0 saturated heterocycles. The minimum Gasteiger partial charge on any atom is -0.497 e. The lowest BCUT2D eigenvalue weighted by Crippen LogP contribution is -2.27. The second kappa shape index (κ2) is 9.72. The Labute approximate surface area is 217 Å². The molecule has 0 fully saturated rings. The van der Waals surface area contributed by atoms with E-state index in [1.807, 2.05) is 6.07 Å². The van der Waals surface area contributed by atoms with Crippen molar-refractivity contribution in [2.45, 2.75) is 18.6 Å². The van der Waals surface area contributed by atoms with E-state index >= 15 is 0 Å². The number of nitrogens with one attached hydrogen (secondary N) is 1. The summed E-state index contributed by atoms with van der Waals surface area (Å²) in [6.45, 7) is 3.31. The molecule has 0 radical (unpaired) electrons. The van der Waals surface area contributed by atoms with Crippen LogP contribution >= 0.6 is 22.9 Å². The third kappa shape index (κ3) is 5.48. The van der Waals surface area contributed by atoms with Crippen molar-refractivity contribution in [3.63, 3.8) is 0 Å². The lowest BCUT2D eigenvalue weighted by atomic mass is 10.0. The van der Waals surface area contributed by atoms with Gasteiger partial charge in [0, 0.05) is 45.9 Å². The summed E-state index contributed by atoms with van der Waals surface area (Å²) in [4.78, 5) is 13.4. The first-order valence-corrected chi connectivity index (χ1v) is 13.8. The highest BCUT2D eigenvalue weighted by Gasteiger charge is 2.32. The molecule has 4 rings (SSSR count). The van der Waals surface area contributed by atoms with Crippen LogP contribution in [0.15, 0.2) is 60.7 Å². The molecule has 0 aliphatic rings. The van der Waals surface area contributed by atoms with E-state index in [-0.39, 0.29) is 11.7 Å². The largest absolute Gasteiger partial charge is 0.497 e. The first-order valence-electron chi connectivity index (χ1n) is 10.7. The van der Waals surface area contributed by atoms with E-state index in [2.05, 4.69) is 5.32 Å². The minimum atomic E-state index is -3.34. The molecule has 6 nitrogen and oxygen atoms in total. The number of ether oxygens (including phenoxy) is 2. The number of carbonyl (C=O) groups is 1. The molecular weight excluding hydrogens is 525 g/mol. The van der Waals surface area contributed by atoms with Gasteiger partial charge in [-0.2, -0.15) is 0 Å². The Morgan fingerprint density at radius 3 is 2.39 bits per heavy atom. The predicted molar refractivity (Wildman–Crippen MR) is 142 cm³/mol. The number of fused-ring (bicyclic) bond motifs is 1. The molecule has 0 aliphatic heterocycles. The Bertz CT molecular complexity index is 1580. The predicted octanol–water partition coefficient (Wildman–Crippen LogP) is 7.03. The molecule has 0 atom stereocenters. The van der Waals surface area contributed by atoms with Crippen LogP contribution in [0, 0.1) is 5.82 Å². The van der Waals surface area contributed by atoms with Crippen molar-refractivity contribution >= 4 is 54.5 Å². The highest BCUT2D eigenvalue weighted by molar-refractivity contribution is 7.91. The van der Waals surface area contributed by atoms with Gasteiger partial charge >= 0.3 is 0 Å². The van der Waals surface area contributed by atoms with E-state index in [1.165, 1.54) is 42.9 Å². The molecule has 10 heteroatoms. The second-order valence-corrected chi connectivity index (χ2v) is 12.8. The summed E-state index contributed by atoms with van der Waals surface area (Å²) in [7, 11) is -1.92. The van der Waals surface area contributed by atoms with Crippen molar-refractivity contribution in [1.29, 1.82) is 0 Å². The van der Waals surface area contributed by atoms with Crippen LogP contribution in [0.2, 0.25) is 5.02 Å². The van der Waals surface area contributed by atoms with Gasteiger partial charge in [0.2, 0.25) is 0 Å². The zero-order valence-electron chi connectivity index (χ0n) is 19.9. The molecule has 0 bridgehead atoms. The topological polar surface area (TPSA) is 81.7 Å². The zero-order chi connectivity index (χ0) is 26.3. The number of hydrogen-bond acceptors (Lipinski definition) is 6. The van der Waals surface area contributed by atoms with Crippen LogP contribution in [0.25, 0.3) is 10.1 Å². The average molecular weight is 548 g/mol.